The summed E-state index contributed by atoms with van der Waals surface area (Å²) in [5, 5.41) is 0. The highest BCUT2D eigenvalue weighted by Crippen LogP contribution is 2.18. The summed E-state index contributed by atoms with van der Waals surface area (Å²) >= 11 is 0.484. The van der Waals surface area contributed by atoms with Crippen LogP contribution in [0.4, 0.5) is 0 Å². The van der Waals surface area contributed by atoms with Crippen LogP contribution in [0.15, 0.2) is 18.2 Å². The third-order valence-corrected chi connectivity index (χ3v) is 3.90. The molecule has 10 heteroatoms. The summed E-state index contributed by atoms with van der Waals surface area (Å²) in [5.41, 5.74) is 0.827. The lowest BCUT2D eigenvalue weighted by molar-refractivity contribution is 0.480. The van der Waals surface area contributed by atoms with E-state index in [-0.39, 0.29) is 16.9 Å². The van der Waals surface area contributed by atoms with Crippen LogP contribution in [-0.4, -0.2) is 30.5 Å². The van der Waals surface area contributed by atoms with E-state index in [1.807, 2.05) is 0 Å². The summed E-state index contributed by atoms with van der Waals surface area (Å²) < 4.78 is 69.5. The first-order valence-electron chi connectivity index (χ1n) is 4.87. The Balaban J connectivity index is 3.17. The molecule has 1 aromatic carbocycles. The van der Waals surface area contributed by atoms with Crippen molar-refractivity contribution >= 4 is 32.3 Å². The second kappa shape index (κ2) is 6.20. The molecule has 7 nitrogen and oxygen atoms in total. The summed E-state index contributed by atoms with van der Waals surface area (Å²) in [6.07, 6.45) is 0. The summed E-state index contributed by atoms with van der Waals surface area (Å²) in [7, 11) is -8.50. The molecular formula is C9H12O7S3. The Hall–Kier alpha value is -0.650. The smallest absolute Gasteiger partial charge is 0.269 e. The van der Waals surface area contributed by atoms with Crippen molar-refractivity contribution in [3.05, 3.63) is 34.9 Å². The largest absolute Gasteiger partial charge is 0.330 e. The molecule has 19 heavy (non-hydrogen) atoms. The van der Waals surface area contributed by atoms with Gasteiger partial charge in [-0.15, -0.1) is 0 Å². The van der Waals surface area contributed by atoms with Gasteiger partial charge in [0.15, 0.2) is 0 Å². The van der Waals surface area contributed by atoms with Crippen LogP contribution in [0.2, 0.25) is 0 Å². The van der Waals surface area contributed by atoms with Gasteiger partial charge in [0, 0.05) is 5.75 Å². The molecule has 0 radical (unpaired) electrons. The Bertz CT molecular complexity index is 596. The van der Waals surface area contributed by atoms with Gasteiger partial charge in [0.25, 0.3) is 20.2 Å². The van der Waals surface area contributed by atoms with Gasteiger partial charge in [-0.1, -0.05) is 18.2 Å². The van der Waals surface area contributed by atoms with Crippen molar-refractivity contribution in [3.63, 3.8) is 0 Å². The Labute approximate surface area is 115 Å². The fourth-order valence-corrected chi connectivity index (χ4v) is 3.08. The monoisotopic (exact) mass is 328 g/mol. The molecule has 0 bridgehead atoms. The van der Waals surface area contributed by atoms with Crippen molar-refractivity contribution in [2.75, 3.05) is 0 Å². The van der Waals surface area contributed by atoms with Crippen LogP contribution in [-0.2, 0) is 37.5 Å². The van der Waals surface area contributed by atoms with Gasteiger partial charge in [0.05, 0.1) is 0 Å². The molecule has 1 aromatic rings. The number of rotatable bonds is 6. The summed E-state index contributed by atoms with van der Waals surface area (Å²) in [6, 6.07) is 4.10. The SMILES string of the molecule is O=S(=O)(O)Cc1cc(CSO)cc(CS(=O)(=O)O)c1. The van der Waals surface area contributed by atoms with E-state index in [2.05, 4.69) is 0 Å². The number of hydrogen-bond acceptors (Lipinski definition) is 6. The third kappa shape index (κ3) is 6.89. The highest BCUT2D eigenvalue weighted by atomic mass is 32.2. The zero-order chi connectivity index (χ0) is 14.7. The van der Waals surface area contributed by atoms with Gasteiger partial charge in [-0.25, -0.2) is 0 Å². The normalized spacial score (nSPS) is 12.6. The van der Waals surface area contributed by atoms with Crippen LogP contribution in [0.3, 0.4) is 0 Å². The lowest BCUT2D eigenvalue weighted by Gasteiger charge is -2.07. The van der Waals surface area contributed by atoms with E-state index in [4.69, 9.17) is 13.7 Å². The molecule has 0 aliphatic heterocycles. The minimum atomic E-state index is -4.25. The van der Waals surface area contributed by atoms with Gasteiger partial charge < -0.3 is 4.55 Å². The van der Waals surface area contributed by atoms with Crippen LogP contribution in [0.5, 0.6) is 0 Å². The van der Waals surface area contributed by atoms with Gasteiger partial charge in [-0.3, -0.25) is 9.11 Å². The quantitative estimate of drug-likeness (QED) is 0.524. The van der Waals surface area contributed by atoms with E-state index >= 15 is 0 Å². The van der Waals surface area contributed by atoms with E-state index in [0.29, 0.717) is 17.6 Å². The number of hydrogen-bond donors (Lipinski definition) is 3. The average Bonchev–Trinajstić information content (AvgIpc) is 2.11. The molecular weight excluding hydrogens is 316 g/mol. The van der Waals surface area contributed by atoms with E-state index in [9.17, 15) is 16.8 Å². The molecule has 3 N–H and O–H groups in total. The molecule has 0 unspecified atom stereocenters. The second-order valence-corrected chi connectivity index (χ2v) is 7.34. The molecule has 108 valence electrons. The molecule has 0 heterocycles. The first kappa shape index (κ1) is 16.4. The zero-order valence-corrected chi connectivity index (χ0v) is 12.0. The minimum absolute atomic E-state index is 0.123. The van der Waals surface area contributed by atoms with Gasteiger partial charge in [0.2, 0.25) is 0 Å². The predicted octanol–water partition coefficient (Wildman–Crippen LogP) is 1.17. The van der Waals surface area contributed by atoms with Crippen LogP contribution in [0.25, 0.3) is 0 Å². The van der Waals surface area contributed by atoms with E-state index in [1.54, 1.807) is 0 Å². The van der Waals surface area contributed by atoms with Crippen LogP contribution >= 0.6 is 12.0 Å². The van der Waals surface area contributed by atoms with Crippen LogP contribution in [0.1, 0.15) is 16.7 Å². The van der Waals surface area contributed by atoms with Crippen molar-refractivity contribution in [1.29, 1.82) is 0 Å². The minimum Gasteiger partial charge on any atom is -0.330 e. The predicted molar refractivity (Wildman–Crippen MR) is 70.9 cm³/mol. The summed E-state index contributed by atoms with van der Waals surface area (Å²) in [6.45, 7) is 0. The van der Waals surface area contributed by atoms with Gasteiger partial charge >= 0.3 is 0 Å². The van der Waals surface area contributed by atoms with Gasteiger partial charge in [-0.2, -0.15) is 16.8 Å². The van der Waals surface area contributed by atoms with Crippen molar-refractivity contribution in [3.8, 4) is 0 Å². The molecule has 0 saturated carbocycles. The van der Waals surface area contributed by atoms with E-state index < -0.39 is 31.7 Å². The number of benzene rings is 1. The molecule has 0 atom stereocenters. The van der Waals surface area contributed by atoms with Crippen LogP contribution < -0.4 is 0 Å². The first-order valence-corrected chi connectivity index (χ1v) is 9.03. The molecule has 0 aromatic heterocycles. The maximum Gasteiger partial charge on any atom is 0.269 e. The maximum atomic E-state index is 10.8. The topological polar surface area (TPSA) is 129 Å². The molecule has 0 fully saturated rings. The third-order valence-electron chi connectivity index (χ3n) is 2.04. The molecule has 0 spiro atoms. The molecule has 0 saturated heterocycles. The molecule has 1 rings (SSSR count). The second-order valence-electron chi connectivity index (χ2n) is 3.88. The first-order chi connectivity index (χ1) is 8.59. The standard InChI is InChI=1S/C9H12O7S3/c10-17-4-7-1-8(5-18(11,12)13)3-9(2-7)6-19(14,15)16/h1-3,10H,4-6H2,(H,11,12,13)(H,14,15,16). The molecule has 0 amide bonds. The summed E-state index contributed by atoms with van der Waals surface area (Å²) in [4.78, 5) is 0. The maximum absolute atomic E-state index is 10.8. The van der Waals surface area contributed by atoms with E-state index in [0.717, 1.165) is 0 Å². The van der Waals surface area contributed by atoms with Crippen molar-refractivity contribution in [1.82, 2.24) is 0 Å². The van der Waals surface area contributed by atoms with Crippen LogP contribution in [0, 0.1) is 0 Å². The fraction of sp³-hybridized carbons (Fsp3) is 0.333. The van der Waals surface area contributed by atoms with Crippen molar-refractivity contribution in [2.45, 2.75) is 17.3 Å². The Kier molecular flexibility index (Phi) is 5.35. The summed E-state index contributed by atoms with van der Waals surface area (Å²) in [5.74, 6) is -1.22. The highest BCUT2D eigenvalue weighted by molar-refractivity contribution is 7.92. The molecule has 0 aliphatic carbocycles. The Morgan fingerprint density at radius 2 is 1.21 bits per heavy atom. The Morgan fingerprint density at radius 3 is 1.53 bits per heavy atom. The average molecular weight is 328 g/mol. The fourth-order valence-electron chi connectivity index (χ4n) is 1.59. The van der Waals surface area contributed by atoms with Gasteiger partial charge in [0.1, 0.15) is 11.5 Å². The van der Waals surface area contributed by atoms with Crippen molar-refractivity contribution < 1.29 is 30.5 Å². The zero-order valence-electron chi connectivity index (χ0n) is 9.55. The lowest BCUT2D eigenvalue weighted by atomic mass is 10.1. The van der Waals surface area contributed by atoms with E-state index in [1.165, 1.54) is 18.2 Å². The molecule has 0 aliphatic rings. The van der Waals surface area contributed by atoms with Gasteiger partial charge in [-0.05, 0) is 28.7 Å². The highest BCUT2D eigenvalue weighted by Gasteiger charge is 2.12. The Morgan fingerprint density at radius 1 is 0.842 bits per heavy atom. The van der Waals surface area contributed by atoms with Crippen molar-refractivity contribution in [2.24, 2.45) is 0 Å². The lowest BCUT2D eigenvalue weighted by Crippen LogP contribution is -2.06.